The van der Waals surface area contributed by atoms with Crippen molar-refractivity contribution in [3.05, 3.63) is 57.8 Å². The summed E-state index contributed by atoms with van der Waals surface area (Å²) in [6.07, 6.45) is 3.19. The van der Waals surface area contributed by atoms with E-state index in [4.69, 9.17) is 20.8 Å². The molecule has 0 fully saturated rings. The predicted molar refractivity (Wildman–Crippen MR) is 93.0 cm³/mol. The van der Waals surface area contributed by atoms with E-state index >= 15 is 0 Å². The van der Waals surface area contributed by atoms with E-state index in [1.54, 1.807) is 30.7 Å². The molecule has 0 aliphatic carbocycles. The highest BCUT2D eigenvalue weighted by Crippen LogP contribution is 2.30. The number of hydrogen-bond donors (Lipinski definition) is 1. The van der Waals surface area contributed by atoms with Crippen LogP contribution < -0.4 is 10.3 Å². The van der Waals surface area contributed by atoms with Gasteiger partial charge in [0.25, 0.3) is 5.56 Å². The molecule has 8 heteroatoms. The van der Waals surface area contributed by atoms with Crippen LogP contribution in [0.1, 0.15) is 5.69 Å². The fourth-order valence-electron chi connectivity index (χ4n) is 2.58. The largest absolute Gasteiger partial charge is 0.495 e. The van der Waals surface area contributed by atoms with E-state index in [2.05, 4.69) is 15.1 Å². The summed E-state index contributed by atoms with van der Waals surface area (Å²) in [4.78, 5) is 21.3. The van der Waals surface area contributed by atoms with Crippen molar-refractivity contribution < 1.29 is 9.15 Å². The maximum absolute atomic E-state index is 12.4. The first-order valence-electron chi connectivity index (χ1n) is 7.44. The van der Waals surface area contributed by atoms with Crippen molar-refractivity contribution in [2.24, 2.45) is 0 Å². The minimum Gasteiger partial charge on any atom is -0.495 e. The molecule has 1 N–H and O–H groups in total. The van der Waals surface area contributed by atoms with Crippen LogP contribution in [0.25, 0.3) is 28.4 Å². The van der Waals surface area contributed by atoms with Gasteiger partial charge in [-0.1, -0.05) is 17.7 Å². The van der Waals surface area contributed by atoms with E-state index in [9.17, 15) is 4.79 Å². The Balaban J connectivity index is 1.93. The molecular weight excluding hydrogens is 344 g/mol. The van der Waals surface area contributed by atoms with Gasteiger partial charge < -0.3 is 9.15 Å². The van der Waals surface area contributed by atoms with Crippen molar-refractivity contribution in [1.29, 1.82) is 0 Å². The third-order valence-electron chi connectivity index (χ3n) is 3.79. The lowest BCUT2D eigenvalue weighted by atomic mass is 10.1. The topological polar surface area (TPSA) is 85.4 Å². The first-order valence-corrected chi connectivity index (χ1v) is 7.82. The van der Waals surface area contributed by atoms with E-state index in [0.717, 1.165) is 11.3 Å². The van der Waals surface area contributed by atoms with Gasteiger partial charge in [0.15, 0.2) is 5.65 Å². The van der Waals surface area contributed by atoms with E-state index in [1.807, 2.05) is 6.92 Å². The molecule has 0 spiro atoms. The Hall–Kier alpha value is -3.06. The van der Waals surface area contributed by atoms with Crippen LogP contribution in [0.5, 0.6) is 5.75 Å². The van der Waals surface area contributed by atoms with Gasteiger partial charge in [0.1, 0.15) is 12.0 Å². The molecule has 3 aromatic heterocycles. The number of methoxy groups -OCH3 is 1. The Kier molecular flexibility index (Phi) is 3.58. The molecule has 0 bridgehead atoms. The number of rotatable bonds is 3. The monoisotopic (exact) mass is 356 g/mol. The molecule has 0 aliphatic rings. The zero-order valence-corrected chi connectivity index (χ0v) is 14.2. The van der Waals surface area contributed by atoms with Gasteiger partial charge in [-0.2, -0.15) is 0 Å². The Morgan fingerprint density at radius 2 is 2.12 bits per heavy atom. The first-order chi connectivity index (χ1) is 12.1. The molecule has 0 unspecified atom stereocenters. The lowest BCUT2D eigenvalue weighted by molar-refractivity contribution is 0.415. The lowest BCUT2D eigenvalue weighted by Gasteiger charge is -2.06. The van der Waals surface area contributed by atoms with E-state index < -0.39 is 0 Å². The van der Waals surface area contributed by atoms with Gasteiger partial charge in [-0.25, -0.2) is 14.5 Å². The zero-order chi connectivity index (χ0) is 17.6. The zero-order valence-electron chi connectivity index (χ0n) is 13.4. The second kappa shape index (κ2) is 5.78. The molecule has 0 atom stereocenters. The number of hydrogen-bond acceptors (Lipinski definition) is 5. The number of ether oxygens (including phenoxy) is 1. The number of oxazole rings is 1. The highest BCUT2D eigenvalue weighted by Gasteiger charge is 2.16. The summed E-state index contributed by atoms with van der Waals surface area (Å²) in [7, 11) is 1.53. The number of halogens is 1. The molecule has 0 aliphatic heterocycles. The molecule has 126 valence electrons. The summed E-state index contributed by atoms with van der Waals surface area (Å²) in [6, 6.07) is 6.67. The van der Waals surface area contributed by atoms with Gasteiger partial charge in [-0.05, 0) is 19.1 Å². The highest BCUT2D eigenvalue weighted by molar-refractivity contribution is 6.32. The summed E-state index contributed by atoms with van der Waals surface area (Å²) in [5.41, 5.74) is 2.76. The molecule has 0 saturated carbocycles. The van der Waals surface area contributed by atoms with Crippen LogP contribution in [-0.4, -0.2) is 26.7 Å². The van der Waals surface area contributed by atoms with Gasteiger partial charge in [-0.3, -0.25) is 9.89 Å². The number of benzene rings is 1. The van der Waals surface area contributed by atoms with E-state index in [0.29, 0.717) is 33.6 Å². The van der Waals surface area contributed by atoms with Crippen molar-refractivity contribution in [3.8, 4) is 28.5 Å². The Morgan fingerprint density at radius 3 is 2.84 bits per heavy atom. The van der Waals surface area contributed by atoms with Gasteiger partial charge >= 0.3 is 0 Å². The number of aryl methyl sites for hydroxylation is 1. The highest BCUT2D eigenvalue weighted by atomic mass is 35.5. The normalized spacial score (nSPS) is 11.2. The number of nitrogens with one attached hydrogen (secondary N) is 1. The fraction of sp³-hybridized carbons (Fsp3) is 0.118. The molecule has 4 aromatic rings. The molecule has 0 amide bonds. The molecule has 3 heterocycles. The standard InChI is InChI=1S/C17H13ClN4O3/c1-9-8-25-17(20-9)11-7-19-22-15(23)6-13(21-16(11)22)10-3-4-12(18)14(5-10)24-2/h3-8,19H,1-2H3. The maximum Gasteiger partial charge on any atom is 0.273 e. The van der Waals surface area contributed by atoms with E-state index in [1.165, 1.54) is 17.7 Å². The van der Waals surface area contributed by atoms with Crippen LogP contribution in [0, 0.1) is 6.92 Å². The number of fused-ring (bicyclic) bond motifs is 1. The van der Waals surface area contributed by atoms with Crippen molar-refractivity contribution in [3.63, 3.8) is 0 Å². The van der Waals surface area contributed by atoms with Crippen LogP contribution in [0.15, 0.2) is 45.9 Å². The van der Waals surface area contributed by atoms with Crippen molar-refractivity contribution in [2.75, 3.05) is 7.11 Å². The van der Waals surface area contributed by atoms with Crippen LogP contribution in [0.2, 0.25) is 5.02 Å². The maximum atomic E-state index is 12.4. The Bertz CT molecular complexity index is 1140. The van der Waals surface area contributed by atoms with Crippen LogP contribution in [0.3, 0.4) is 0 Å². The molecule has 4 rings (SSSR count). The number of H-pyrrole nitrogens is 1. The number of nitrogens with zero attached hydrogens (tertiary/aromatic N) is 3. The first kappa shape index (κ1) is 15.5. The quantitative estimate of drug-likeness (QED) is 0.608. The third kappa shape index (κ3) is 2.58. The van der Waals surface area contributed by atoms with Crippen molar-refractivity contribution >= 4 is 17.2 Å². The number of aromatic amines is 1. The smallest absolute Gasteiger partial charge is 0.273 e. The molecular formula is C17H13ClN4O3. The average Bonchev–Trinajstić information content (AvgIpc) is 3.21. The summed E-state index contributed by atoms with van der Waals surface area (Å²) in [5, 5.41) is 3.36. The molecule has 1 aromatic carbocycles. The second-order valence-electron chi connectivity index (χ2n) is 5.47. The van der Waals surface area contributed by atoms with Gasteiger partial charge in [0.05, 0.1) is 29.1 Å². The predicted octanol–water partition coefficient (Wildman–Crippen LogP) is 3.32. The van der Waals surface area contributed by atoms with Gasteiger partial charge in [-0.15, -0.1) is 0 Å². The average molecular weight is 357 g/mol. The number of aromatic nitrogens is 4. The van der Waals surface area contributed by atoms with Gasteiger partial charge in [0.2, 0.25) is 5.89 Å². The summed E-state index contributed by atoms with van der Waals surface area (Å²) < 4.78 is 12.0. The lowest BCUT2D eigenvalue weighted by Crippen LogP contribution is -2.14. The Morgan fingerprint density at radius 1 is 1.28 bits per heavy atom. The van der Waals surface area contributed by atoms with Crippen molar-refractivity contribution in [1.82, 2.24) is 19.6 Å². The van der Waals surface area contributed by atoms with Crippen molar-refractivity contribution in [2.45, 2.75) is 6.92 Å². The molecule has 7 nitrogen and oxygen atoms in total. The summed E-state index contributed by atoms with van der Waals surface area (Å²) in [6.45, 7) is 1.83. The van der Waals surface area contributed by atoms with E-state index in [-0.39, 0.29) is 5.56 Å². The minimum absolute atomic E-state index is 0.247. The third-order valence-corrected chi connectivity index (χ3v) is 4.11. The Labute approximate surface area is 146 Å². The summed E-state index contributed by atoms with van der Waals surface area (Å²) in [5.74, 6) is 0.910. The molecule has 25 heavy (non-hydrogen) atoms. The summed E-state index contributed by atoms with van der Waals surface area (Å²) >= 11 is 6.06. The second-order valence-corrected chi connectivity index (χ2v) is 5.88. The molecule has 0 saturated heterocycles. The van der Waals surface area contributed by atoms with Crippen LogP contribution >= 0.6 is 11.6 Å². The van der Waals surface area contributed by atoms with Crippen LogP contribution in [0.4, 0.5) is 0 Å². The fourth-order valence-corrected chi connectivity index (χ4v) is 2.78. The SMILES string of the molecule is COc1cc(-c2cc(=O)n3[nH]cc(-c4nc(C)co4)c3n2)ccc1Cl. The van der Waals surface area contributed by atoms with Crippen LogP contribution in [-0.2, 0) is 0 Å². The van der Waals surface area contributed by atoms with Gasteiger partial charge in [0, 0.05) is 17.8 Å². The molecule has 0 radical (unpaired) electrons. The minimum atomic E-state index is -0.247.